The normalized spacial score (nSPS) is 18.3. The molecule has 1 aliphatic rings. The summed E-state index contributed by atoms with van der Waals surface area (Å²) in [5, 5.41) is 9.21. The number of nitrogens with zero attached hydrogens (tertiary/aromatic N) is 1. The van der Waals surface area contributed by atoms with E-state index in [4.69, 9.17) is 4.74 Å². The molecule has 4 heteroatoms. The molecule has 110 valence electrons. The quantitative estimate of drug-likeness (QED) is 0.810. The minimum atomic E-state index is 0.0283. The van der Waals surface area contributed by atoms with Gasteiger partial charge in [0.05, 0.1) is 19.3 Å². The molecule has 1 aromatic carbocycles. The van der Waals surface area contributed by atoms with Crippen LogP contribution in [0.1, 0.15) is 31.2 Å². The van der Waals surface area contributed by atoms with Crippen LogP contribution in [0.2, 0.25) is 0 Å². The summed E-state index contributed by atoms with van der Waals surface area (Å²) >= 11 is 0. The maximum atomic E-state index is 12.0. The Kier molecular flexibility index (Phi) is 5.41. The lowest BCUT2D eigenvalue weighted by Gasteiger charge is -2.22. The van der Waals surface area contributed by atoms with E-state index in [0.717, 1.165) is 25.1 Å². The van der Waals surface area contributed by atoms with E-state index in [1.807, 2.05) is 36.1 Å². The zero-order valence-electron chi connectivity index (χ0n) is 12.0. The summed E-state index contributed by atoms with van der Waals surface area (Å²) < 4.78 is 5.61. The van der Waals surface area contributed by atoms with Crippen LogP contribution in [-0.2, 0) is 4.79 Å². The van der Waals surface area contributed by atoms with Gasteiger partial charge in [0.1, 0.15) is 5.75 Å². The minimum absolute atomic E-state index is 0.0283. The minimum Gasteiger partial charge on any atom is -0.494 e. The number of benzene rings is 1. The van der Waals surface area contributed by atoms with Gasteiger partial charge in [0.15, 0.2) is 0 Å². The van der Waals surface area contributed by atoms with Gasteiger partial charge in [-0.3, -0.25) is 4.79 Å². The molecule has 0 unspecified atom stereocenters. The number of amides is 1. The number of carbonyl (C=O) groups excluding carboxylic acids is 1. The fourth-order valence-corrected chi connectivity index (χ4v) is 2.55. The van der Waals surface area contributed by atoms with Crippen molar-refractivity contribution in [3.63, 3.8) is 0 Å². The second-order valence-corrected chi connectivity index (χ2v) is 5.33. The highest BCUT2D eigenvalue weighted by molar-refractivity contribution is 5.76. The van der Waals surface area contributed by atoms with E-state index < -0.39 is 0 Å². The molecule has 4 nitrogen and oxygen atoms in total. The summed E-state index contributed by atoms with van der Waals surface area (Å²) in [5.74, 6) is 0.978. The van der Waals surface area contributed by atoms with Gasteiger partial charge in [-0.15, -0.1) is 0 Å². The van der Waals surface area contributed by atoms with Crippen molar-refractivity contribution in [1.82, 2.24) is 4.90 Å². The molecular weight excluding hydrogens is 254 g/mol. The molecule has 1 amide bonds. The van der Waals surface area contributed by atoms with Crippen LogP contribution in [0, 0.1) is 6.92 Å². The van der Waals surface area contributed by atoms with Crippen LogP contribution >= 0.6 is 0 Å². The summed E-state index contributed by atoms with van der Waals surface area (Å²) in [6.45, 7) is 3.44. The number of likely N-dealkylation sites (tertiary alicyclic amines) is 1. The van der Waals surface area contributed by atoms with Crippen LogP contribution in [0.3, 0.4) is 0 Å². The Morgan fingerprint density at radius 3 is 2.85 bits per heavy atom. The number of aliphatic hydroxyl groups is 1. The van der Waals surface area contributed by atoms with Gasteiger partial charge < -0.3 is 14.7 Å². The van der Waals surface area contributed by atoms with Crippen LogP contribution in [0.15, 0.2) is 24.3 Å². The van der Waals surface area contributed by atoms with E-state index in [1.54, 1.807) is 0 Å². The Hall–Kier alpha value is -1.55. The second kappa shape index (κ2) is 7.29. The van der Waals surface area contributed by atoms with Gasteiger partial charge in [-0.05, 0) is 38.3 Å². The highest BCUT2D eigenvalue weighted by Crippen LogP contribution is 2.18. The lowest BCUT2D eigenvalue weighted by atomic mass is 10.2. The second-order valence-electron chi connectivity index (χ2n) is 5.33. The molecule has 1 aromatic rings. The highest BCUT2D eigenvalue weighted by atomic mass is 16.5. The third-order valence-corrected chi connectivity index (χ3v) is 3.73. The van der Waals surface area contributed by atoms with Gasteiger partial charge >= 0.3 is 0 Å². The zero-order chi connectivity index (χ0) is 14.4. The molecule has 1 aliphatic heterocycles. The zero-order valence-corrected chi connectivity index (χ0v) is 12.0. The van der Waals surface area contributed by atoms with Crippen LogP contribution in [-0.4, -0.2) is 41.7 Å². The summed E-state index contributed by atoms with van der Waals surface area (Å²) in [5.41, 5.74) is 1.21. The largest absolute Gasteiger partial charge is 0.494 e. The number of aliphatic hydroxyl groups excluding tert-OH is 1. The van der Waals surface area contributed by atoms with E-state index in [-0.39, 0.29) is 18.6 Å². The first-order valence-electron chi connectivity index (χ1n) is 7.30. The molecule has 1 saturated heterocycles. The van der Waals surface area contributed by atoms with Crippen molar-refractivity contribution in [3.05, 3.63) is 29.8 Å². The number of carbonyl (C=O) groups is 1. The van der Waals surface area contributed by atoms with Crippen molar-refractivity contribution in [1.29, 1.82) is 0 Å². The van der Waals surface area contributed by atoms with Gasteiger partial charge in [0.2, 0.25) is 5.91 Å². The highest BCUT2D eigenvalue weighted by Gasteiger charge is 2.27. The predicted molar refractivity (Wildman–Crippen MR) is 77.7 cm³/mol. The monoisotopic (exact) mass is 277 g/mol. The molecule has 2 rings (SSSR count). The third kappa shape index (κ3) is 3.97. The van der Waals surface area contributed by atoms with E-state index >= 15 is 0 Å². The molecule has 0 aliphatic carbocycles. The molecule has 0 aromatic heterocycles. The molecule has 0 saturated carbocycles. The molecule has 1 heterocycles. The van der Waals surface area contributed by atoms with Gasteiger partial charge in [0, 0.05) is 13.0 Å². The predicted octanol–water partition coefficient (Wildman–Crippen LogP) is 2.14. The third-order valence-electron chi connectivity index (χ3n) is 3.73. The first-order valence-corrected chi connectivity index (χ1v) is 7.30. The van der Waals surface area contributed by atoms with E-state index in [0.29, 0.717) is 19.4 Å². The lowest BCUT2D eigenvalue weighted by molar-refractivity contribution is -0.132. The molecule has 0 spiro atoms. The number of aryl methyl sites for hydroxylation is 1. The Balaban J connectivity index is 1.68. The van der Waals surface area contributed by atoms with Crippen molar-refractivity contribution >= 4 is 5.91 Å². The first-order chi connectivity index (χ1) is 9.70. The summed E-state index contributed by atoms with van der Waals surface area (Å²) in [7, 11) is 0. The lowest BCUT2D eigenvalue weighted by Crippen LogP contribution is -2.37. The molecule has 1 N–H and O–H groups in total. The Morgan fingerprint density at radius 2 is 2.15 bits per heavy atom. The molecular formula is C16H23NO3. The topological polar surface area (TPSA) is 49.8 Å². The van der Waals surface area contributed by atoms with E-state index in [1.165, 1.54) is 5.56 Å². The molecule has 1 atom stereocenters. The fourth-order valence-electron chi connectivity index (χ4n) is 2.55. The fraction of sp³-hybridized carbons (Fsp3) is 0.562. The van der Waals surface area contributed by atoms with Gasteiger partial charge in [-0.1, -0.05) is 17.7 Å². The van der Waals surface area contributed by atoms with E-state index in [9.17, 15) is 9.90 Å². The van der Waals surface area contributed by atoms with Crippen LogP contribution in [0.5, 0.6) is 5.75 Å². The smallest absolute Gasteiger partial charge is 0.223 e. The van der Waals surface area contributed by atoms with E-state index in [2.05, 4.69) is 0 Å². The van der Waals surface area contributed by atoms with Gasteiger partial charge in [-0.2, -0.15) is 0 Å². The molecule has 0 bridgehead atoms. The summed E-state index contributed by atoms with van der Waals surface area (Å²) in [6, 6.07) is 7.94. The molecule has 1 fully saturated rings. The maximum absolute atomic E-state index is 12.0. The summed E-state index contributed by atoms with van der Waals surface area (Å²) in [6.07, 6.45) is 3.11. The SMILES string of the molecule is Cc1ccc(OCCCC(=O)N2CCC[C@H]2CO)cc1. The number of rotatable bonds is 6. The Bertz CT molecular complexity index is 430. The van der Waals surface area contributed by atoms with Crippen molar-refractivity contribution in [3.8, 4) is 5.75 Å². The van der Waals surface area contributed by atoms with Crippen molar-refractivity contribution in [2.45, 2.75) is 38.6 Å². The first kappa shape index (κ1) is 14.9. The van der Waals surface area contributed by atoms with Gasteiger partial charge in [0.25, 0.3) is 0 Å². The maximum Gasteiger partial charge on any atom is 0.223 e. The Morgan fingerprint density at radius 1 is 1.40 bits per heavy atom. The number of hydrogen-bond donors (Lipinski definition) is 1. The summed E-state index contributed by atoms with van der Waals surface area (Å²) in [4.78, 5) is 13.8. The molecule has 20 heavy (non-hydrogen) atoms. The average molecular weight is 277 g/mol. The standard InChI is InChI=1S/C16H23NO3/c1-13-6-8-15(9-7-13)20-11-3-5-16(19)17-10-2-4-14(17)12-18/h6-9,14,18H,2-5,10-12H2,1H3/t14-/m0/s1. The Labute approximate surface area is 120 Å². The van der Waals surface area contributed by atoms with Crippen LogP contribution in [0.25, 0.3) is 0 Å². The van der Waals surface area contributed by atoms with Crippen molar-refractivity contribution < 1.29 is 14.6 Å². The number of hydrogen-bond acceptors (Lipinski definition) is 3. The van der Waals surface area contributed by atoms with Crippen molar-refractivity contribution in [2.24, 2.45) is 0 Å². The molecule has 0 radical (unpaired) electrons. The average Bonchev–Trinajstić information content (AvgIpc) is 2.94. The van der Waals surface area contributed by atoms with Gasteiger partial charge in [-0.25, -0.2) is 0 Å². The van der Waals surface area contributed by atoms with Crippen LogP contribution < -0.4 is 4.74 Å². The number of ether oxygens (including phenoxy) is 1. The van der Waals surface area contributed by atoms with Crippen molar-refractivity contribution in [2.75, 3.05) is 19.8 Å². The van der Waals surface area contributed by atoms with Crippen LogP contribution in [0.4, 0.5) is 0 Å².